The van der Waals surface area contributed by atoms with E-state index in [-0.39, 0.29) is 12.1 Å². The second-order valence-electron chi connectivity index (χ2n) is 7.07. The monoisotopic (exact) mass is 408 g/mol. The number of ether oxygens (including phenoxy) is 2. The molecule has 2 atom stereocenters. The first-order chi connectivity index (χ1) is 14.0. The summed E-state index contributed by atoms with van der Waals surface area (Å²) in [5.41, 5.74) is 5.21. The molecule has 0 unspecified atom stereocenters. The molecule has 7 heteroatoms. The molecule has 2 N–H and O–H groups in total. The Labute approximate surface area is 175 Å². The van der Waals surface area contributed by atoms with Gasteiger partial charge in [-0.3, -0.25) is 4.98 Å². The van der Waals surface area contributed by atoms with Crippen molar-refractivity contribution in [3.63, 3.8) is 0 Å². The van der Waals surface area contributed by atoms with Crippen LogP contribution < -0.4 is 19.7 Å². The van der Waals surface area contributed by atoms with Gasteiger partial charge in [0.15, 0.2) is 5.11 Å². The number of rotatable bonds is 5. The molecular formula is C22H24N4O2S. The molecule has 0 spiro atoms. The molecule has 29 heavy (non-hydrogen) atoms. The third kappa shape index (κ3) is 3.42. The van der Waals surface area contributed by atoms with E-state index < -0.39 is 0 Å². The van der Waals surface area contributed by atoms with E-state index >= 15 is 0 Å². The molecule has 1 saturated heterocycles. The van der Waals surface area contributed by atoms with Gasteiger partial charge in [0.25, 0.3) is 0 Å². The number of nitrogens with one attached hydrogen (secondary N) is 2. The lowest BCUT2D eigenvalue weighted by Crippen LogP contribution is -2.29. The van der Waals surface area contributed by atoms with E-state index in [0.717, 1.165) is 28.5 Å². The minimum Gasteiger partial charge on any atom is -0.497 e. The number of aryl methyl sites for hydroxylation is 2. The number of nitrogens with zero attached hydrogens (tertiary/aromatic N) is 2. The summed E-state index contributed by atoms with van der Waals surface area (Å²) in [5, 5.41) is 4.11. The summed E-state index contributed by atoms with van der Waals surface area (Å²) < 4.78 is 11.0. The third-order valence-corrected chi connectivity index (χ3v) is 5.57. The van der Waals surface area contributed by atoms with Crippen molar-refractivity contribution in [1.82, 2.24) is 15.3 Å². The predicted molar refractivity (Wildman–Crippen MR) is 118 cm³/mol. The van der Waals surface area contributed by atoms with E-state index in [9.17, 15) is 0 Å². The van der Waals surface area contributed by atoms with Crippen LogP contribution in [0.5, 0.6) is 11.5 Å². The predicted octanol–water partition coefficient (Wildman–Crippen LogP) is 4.22. The van der Waals surface area contributed by atoms with Crippen LogP contribution in [0.1, 0.15) is 34.7 Å². The lowest BCUT2D eigenvalue weighted by atomic mass is 9.96. The Bertz CT molecular complexity index is 1030. The van der Waals surface area contributed by atoms with Gasteiger partial charge < -0.3 is 24.7 Å². The highest BCUT2D eigenvalue weighted by Crippen LogP contribution is 2.46. The SMILES string of the molecule is COc1ccc(N2C(=S)N[C@@H](c3ccccn3)[C@@H]2c2cc(C)[nH]c2C)c(OC)c1. The zero-order valence-electron chi connectivity index (χ0n) is 16.9. The highest BCUT2D eigenvalue weighted by Gasteiger charge is 2.42. The molecule has 0 radical (unpaired) electrons. The molecule has 1 fully saturated rings. The second-order valence-corrected chi connectivity index (χ2v) is 7.45. The van der Waals surface area contributed by atoms with Gasteiger partial charge in [-0.15, -0.1) is 0 Å². The number of anilines is 1. The molecule has 3 aromatic rings. The molecular weight excluding hydrogens is 384 g/mol. The van der Waals surface area contributed by atoms with Crippen LogP contribution in [0.15, 0.2) is 48.7 Å². The van der Waals surface area contributed by atoms with E-state index in [4.69, 9.17) is 21.7 Å². The fourth-order valence-electron chi connectivity index (χ4n) is 3.97. The Kier molecular flexibility index (Phi) is 5.15. The number of benzene rings is 1. The Hall–Kier alpha value is -3.06. The molecule has 0 bridgehead atoms. The fraction of sp³-hybridized carbons (Fsp3) is 0.273. The Balaban J connectivity index is 1.88. The highest BCUT2D eigenvalue weighted by atomic mass is 32.1. The number of pyridine rings is 1. The van der Waals surface area contributed by atoms with Crippen LogP contribution in [0.3, 0.4) is 0 Å². The first-order valence-corrected chi connectivity index (χ1v) is 9.83. The van der Waals surface area contributed by atoms with Crippen LogP contribution >= 0.6 is 12.2 Å². The van der Waals surface area contributed by atoms with E-state index in [2.05, 4.69) is 40.1 Å². The standard InChI is InChI=1S/C22H24N4O2S/c1-13-11-16(14(2)24-13)21-20(17-7-5-6-10-23-17)25-22(29)26(21)18-9-8-15(27-3)12-19(18)28-4/h5-12,20-21,24H,1-4H3,(H,25,29)/t20-,21-/m0/s1. The fourth-order valence-corrected chi connectivity index (χ4v) is 4.31. The van der Waals surface area contributed by atoms with E-state index in [0.29, 0.717) is 10.9 Å². The molecule has 3 heterocycles. The van der Waals surface area contributed by atoms with E-state index in [1.165, 1.54) is 5.56 Å². The third-order valence-electron chi connectivity index (χ3n) is 5.25. The minimum atomic E-state index is -0.0931. The summed E-state index contributed by atoms with van der Waals surface area (Å²) in [6, 6.07) is 13.7. The van der Waals surface area contributed by atoms with Crippen LogP contribution in [0, 0.1) is 13.8 Å². The Morgan fingerprint density at radius 3 is 2.52 bits per heavy atom. The van der Waals surface area contributed by atoms with Crippen molar-refractivity contribution in [3.8, 4) is 11.5 Å². The summed E-state index contributed by atoms with van der Waals surface area (Å²) in [5.74, 6) is 1.43. The van der Waals surface area contributed by atoms with Gasteiger partial charge >= 0.3 is 0 Å². The summed E-state index contributed by atoms with van der Waals surface area (Å²) in [7, 11) is 3.30. The molecule has 2 aromatic heterocycles. The maximum atomic E-state index is 5.79. The van der Waals surface area contributed by atoms with E-state index in [1.807, 2.05) is 42.6 Å². The number of methoxy groups -OCH3 is 2. The zero-order valence-corrected chi connectivity index (χ0v) is 17.7. The normalized spacial score (nSPS) is 18.6. The van der Waals surface area contributed by atoms with Gasteiger partial charge in [-0.05, 0) is 62.0 Å². The zero-order chi connectivity index (χ0) is 20.5. The van der Waals surface area contributed by atoms with Gasteiger partial charge in [0.1, 0.15) is 11.5 Å². The second kappa shape index (κ2) is 7.75. The number of hydrogen-bond acceptors (Lipinski definition) is 4. The maximum Gasteiger partial charge on any atom is 0.174 e. The van der Waals surface area contributed by atoms with Gasteiger partial charge in [0.2, 0.25) is 0 Å². The number of aromatic amines is 1. The van der Waals surface area contributed by atoms with Crippen molar-refractivity contribution < 1.29 is 9.47 Å². The van der Waals surface area contributed by atoms with E-state index in [1.54, 1.807) is 14.2 Å². The van der Waals surface area contributed by atoms with Crippen LogP contribution in [-0.4, -0.2) is 29.3 Å². The van der Waals surface area contributed by atoms with Crippen molar-refractivity contribution in [2.24, 2.45) is 0 Å². The first-order valence-electron chi connectivity index (χ1n) is 9.42. The van der Waals surface area contributed by atoms with Crippen molar-refractivity contribution in [2.75, 3.05) is 19.1 Å². The first kappa shape index (κ1) is 19.3. The van der Waals surface area contributed by atoms with Crippen LogP contribution in [0.2, 0.25) is 0 Å². The van der Waals surface area contributed by atoms with Crippen molar-refractivity contribution in [2.45, 2.75) is 25.9 Å². The maximum absolute atomic E-state index is 5.79. The molecule has 0 amide bonds. The number of thiocarbonyl (C=S) groups is 1. The van der Waals surface area contributed by atoms with Gasteiger partial charge in [0, 0.05) is 23.7 Å². The molecule has 1 aliphatic heterocycles. The minimum absolute atomic E-state index is 0.0790. The Morgan fingerprint density at radius 1 is 1.07 bits per heavy atom. The van der Waals surface area contributed by atoms with Gasteiger partial charge in [0.05, 0.1) is 37.7 Å². The average molecular weight is 409 g/mol. The molecule has 150 valence electrons. The Morgan fingerprint density at radius 2 is 1.90 bits per heavy atom. The summed E-state index contributed by atoms with van der Waals surface area (Å²) in [6.45, 7) is 4.15. The number of hydrogen-bond donors (Lipinski definition) is 2. The molecule has 4 rings (SSSR count). The summed E-state index contributed by atoms with van der Waals surface area (Å²) >= 11 is 5.79. The smallest absolute Gasteiger partial charge is 0.174 e. The van der Waals surface area contributed by atoms with Gasteiger partial charge in [-0.2, -0.15) is 0 Å². The van der Waals surface area contributed by atoms with Crippen molar-refractivity contribution >= 4 is 23.0 Å². The molecule has 0 aliphatic carbocycles. The quantitative estimate of drug-likeness (QED) is 0.617. The molecule has 6 nitrogen and oxygen atoms in total. The average Bonchev–Trinajstić information content (AvgIpc) is 3.25. The number of H-pyrrole nitrogens is 1. The summed E-state index contributed by atoms with van der Waals surface area (Å²) in [6.07, 6.45) is 1.81. The topological polar surface area (TPSA) is 62.4 Å². The van der Waals surface area contributed by atoms with Gasteiger partial charge in [-0.25, -0.2) is 0 Å². The molecule has 1 aromatic carbocycles. The van der Waals surface area contributed by atoms with Crippen LogP contribution in [0.4, 0.5) is 5.69 Å². The van der Waals surface area contributed by atoms with Crippen LogP contribution in [-0.2, 0) is 0 Å². The lowest BCUT2D eigenvalue weighted by molar-refractivity contribution is 0.394. The highest BCUT2D eigenvalue weighted by molar-refractivity contribution is 7.80. The molecule has 0 saturated carbocycles. The lowest BCUT2D eigenvalue weighted by Gasteiger charge is -2.29. The van der Waals surface area contributed by atoms with Crippen molar-refractivity contribution in [3.05, 3.63) is 71.3 Å². The van der Waals surface area contributed by atoms with Crippen LogP contribution in [0.25, 0.3) is 0 Å². The molecule has 1 aliphatic rings. The van der Waals surface area contributed by atoms with Crippen molar-refractivity contribution in [1.29, 1.82) is 0 Å². The van der Waals surface area contributed by atoms with Gasteiger partial charge in [-0.1, -0.05) is 6.07 Å². The summed E-state index contributed by atoms with van der Waals surface area (Å²) in [4.78, 5) is 10.1. The number of aromatic nitrogens is 2. The largest absolute Gasteiger partial charge is 0.497 e.